The third-order valence-corrected chi connectivity index (χ3v) is 1.63. The van der Waals surface area contributed by atoms with Crippen LogP contribution in [0, 0.1) is 12.3 Å². The van der Waals surface area contributed by atoms with Crippen molar-refractivity contribution in [1.29, 1.82) is 0 Å². The van der Waals surface area contributed by atoms with Gasteiger partial charge >= 0.3 is 5.69 Å². The number of rotatable bonds is 4. The largest absolute Gasteiger partial charge is 0.394 e. The summed E-state index contributed by atoms with van der Waals surface area (Å²) >= 11 is 0. The molecule has 0 fully saturated rings. The van der Waals surface area contributed by atoms with Crippen molar-refractivity contribution in [2.75, 3.05) is 13.2 Å². The summed E-state index contributed by atoms with van der Waals surface area (Å²) in [6.07, 6.45) is 6.29. The van der Waals surface area contributed by atoms with Crippen molar-refractivity contribution in [1.82, 2.24) is 9.55 Å². The maximum absolute atomic E-state index is 11.2. The highest BCUT2D eigenvalue weighted by molar-refractivity contribution is 5.25. The lowest BCUT2D eigenvalue weighted by atomic mass is 10.3. The molecule has 1 rings (SSSR count). The van der Waals surface area contributed by atoms with Crippen LogP contribution in [-0.2, 0) is 11.5 Å². The van der Waals surface area contributed by atoms with Crippen LogP contribution in [0.3, 0.4) is 0 Å². The molecular weight excluding hydrogens is 200 g/mol. The van der Waals surface area contributed by atoms with Gasteiger partial charge in [-0.3, -0.25) is 14.3 Å². The topological polar surface area (TPSA) is 84.3 Å². The zero-order valence-electron chi connectivity index (χ0n) is 7.90. The van der Waals surface area contributed by atoms with Crippen molar-refractivity contribution < 1.29 is 9.84 Å². The van der Waals surface area contributed by atoms with Crippen molar-refractivity contribution in [3.63, 3.8) is 0 Å². The number of nitrogens with zero attached hydrogens (tertiary/aromatic N) is 1. The van der Waals surface area contributed by atoms with Crippen LogP contribution in [0.25, 0.3) is 0 Å². The standard InChI is InChI=1S/C9H10N2O4/c1-2-7-5-11(6-15-4-3-12)9(14)10-8(7)13/h1,5,12H,3-4,6H2,(H,10,13,14). The average Bonchev–Trinajstić information content (AvgIpc) is 2.21. The Bertz CT molecular complexity index is 480. The van der Waals surface area contributed by atoms with Gasteiger partial charge in [-0.05, 0) is 0 Å². The van der Waals surface area contributed by atoms with Crippen LogP contribution in [0.2, 0.25) is 0 Å². The first-order chi connectivity index (χ1) is 7.19. The van der Waals surface area contributed by atoms with Gasteiger partial charge in [-0.2, -0.15) is 0 Å². The first kappa shape index (κ1) is 11.2. The fourth-order valence-corrected chi connectivity index (χ4v) is 0.936. The van der Waals surface area contributed by atoms with Crippen LogP contribution in [0.1, 0.15) is 5.56 Å². The second-order valence-electron chi connectivity index (χ2n) is 2.68. The second-order valence-corrected chi connectivity index (χ2v) is 2.68. The number of hydrogen-bond donors (Lipinski definition) is 2. The molecule has 0 saturated heterocycles. The number of aromatic amines is 1. The molecule has 0 radical (unpaired) electrons. The summed E-state index contributed by atoms with van der Waals surface area (Å²) in [7, 11) is 0. The predicted molar refractivity (Wildman–Crippen MR) is 52.3 cm³/mol. The van der Waals surface area contributed by atoms with E-state index < -0.39 is 11.2 Å². The molecule has 0 aliphatic carbocycles. The Kier molecular flexibility index (Phi) is 3.85. The molecule has 0 spiro atoms. The first-order valence-corrected chi connectivity index (χ1v) is 4.18. The SMILES string of the molecule is C#Cc1cn(COCCO)c(=O)[nH]c1=O. The Morgan fingerprint density at radius 2 is 2.33 bits per heavy atom. The van der Waals surface area contributed by atoms with Gasteiger partial charge in [0.15, 0.2) is 0 Å². The van der Waals surface area contributed by atoms with E-state index in [1.54, 1.807) is 0 Å². The minimum Gasteiger partial charge on any atom is -0.394 e. The molecule has 2 N–H and O–H groups in total. The van der Waals surface area contributed by atoms with Gasteiger partial charge in [0.2, 0.25) is 0 Å². The number of aromatic nitrogens is 2. The molecule has 1 aromatic rings. The molecule has 1 aromatic heterocycles. The molecule has 0 amide bonds. The van der Waals surface area contributed by atoms with Crippen molar-refractivity contribution in [3.8, 4) is 12.3 Å². The van der Waals surface area contributed by atoms with Gasteiger partial charge in [0.1, 0.15) is 12.3 Å². The number of terminal acetylenes is 1. The van der Waals surface area contributed by atoms with Crippen LogP contribution >= 0.6 is 0 Å². The van der Waals surface area contributed by atoms with Gasteiger partial charge in [-0.15, -0.1) is 6.42 Å². The Labute approximate surface area is 85.1 Å². The van der Waals surface area contributed by atoms with Crippen molar-refractivity contribution in [2.24, 2.45) is 0 Å². The summed E-state index contributed by atoms with van der Waals surface area (Å²) < 4.78 is 6.03. The summed E-state index contributed by atoms with van der Waals surface area (Å²) in [5.74, 6) is 2.14. The van der Waals surface area contributed by atoms with E-state index in [1.165, 1.54) is 6.20 Å². The van der Waals surface area contributed by atoms with Gasteiger partial charge in [0.05, 0.1) is 13.2 Å². The lowest BCUT2D eigenvalue weighted by molar-refractivity contribution is 0.0456. The molecule has 0 aliphatic heterocycles. The zero-order chi connectivity index (χ0) is 11.3. The van der Waals surface area contributed by atoms with Gasteiger partial charge < -0.3 is 9.84 Å². The average molecular weight is 210 g/mol. The van der Waals surface area contributed by atoms with Gasteiger partial charge in [0.25, 0.3) is 5.56 Å². The Morgan fingerprint density at radius 3 is 2.93 bits per heavy atom. The van der Waals surface area contributed by atoms with Gasteiger partial charge in [0, 0.05) is 6.20 Å². The third kappa shape index (κ3) is 2.80. The zero-order valence-corrected chi connectivity index (χ0v) is 7.90. The molecule has 1 heterocycles. The normalized spacial score (nSPS) is 9.87. The highest BCUT2D eigenvalue weighted by atomic mass is 16.5. The van der Waals surface area contributed by atoms with E-state index in [1.807, 2.05) is 0 Å². The monoisotopic (exact) mass is 210 g/mol. The van der Waals surface area contributed by atoms with Crippen LogP contribution in [0.4, 0.5) is 0 Å². The number of aliphatic hydroxyl groups excluding tert-OH is 1. The molecule has 0 aliphatic rings. The first-order valence-electron chi connectivity index (χ1n) is 4.18. The molecule has 0 bridgehead atoms. The van der Waals surface area contributed by atoms with E-state index in [0.29, 0.717) is 0 Å². The van der Waals surface area contributed by atoms with E-state index in [2.05, 4.69) is 10.9 Å². The minimum absolute atomic E-state index is 0.0576. The van der Waals surface area contributed by atoms with Gasteiger partial charge in [-0.1, -0.05) is 5.92 Å². The third-order valence-electron chi connectivity index (χ3n) is 1.63. The number of H-pyrrole nitrogens is 1. The summed E-state index contributed by atoms with van der Waals surface area (Å²) in [4.78, 5) is 24.3. The fraction of sp³-hybridized carbons (Fsp3) is 0.333. The second kappa shape index (κ2) is 5.14. The Balaban J connectivity index is 2.94. The summed E-state index contributed by atoms with van der Waals surface area (Å²) in [6.45, 7) is -0.0953. The van der Waals surface area contributed by atoms with Crippen molar-refractivity contribution in [3.05, 3.63) is 32.6 Å². The van der Waals surface area contributed by atoms with E-state index in [9.17, 15) is 9.59 Å². The number of ether oxygens (including phenoxy) is 1. The summed E-state index contributed by atoms with van der Waals surface area (Å²) in [5.41, 5.74) is -1.14. The Morgan fingerprint density at radius 1 is 1.60 bits per heavy atom. The molecule has 0 saturated carbocycles. The van der Waals surface area contributed by atoms with E-state index in [4.69, 9.17) is 16.3 Å². The van der Waals surface area contributed by atoms with Crippen molar-refractivity contribution >= 4 is 0 Å². The van der Waals surface area contributed by atoms with Crippen LogP contribution in [0.15, 0.2) is 15.8 Å². The Hall–Kier alpha value is -1.84. The highest BCUT2D eigenvalue weighted by Crippen LogP contribution is 1.86. The lowest BCUT2D eigenvalue weighted by Gasteiger charge is -2.05. The van der Waals surface area contributed by atoms with Crippen molar-refractivity contribution in [2.45, 2.75) is 6.73 Å². The molecule has 6 nitrogen and oxygen atoms in total. The van der Waals surface area contributed by atoms with E-state index >= 15 is 0 Å². The smallest absolute Gasteiger partial charge is 0.330 e. The number of nitrogens with one attached hydrogen (secondary N) is 1. The molecule has 0 atom stereocenters. The molecule has 80 valence electrons. The molecule has 0 aromatic carbocycles. The highest BCUT2D eigenvalue weighted by Gasteiger charge is 2.01. The van der Waals surface area contributed by atoms with Crippen LogP contribution in [-0.4, -0.2) is 27.9 Å². The summed E-state index contributed by atoms with van der Waals surface area (Å²) in [6, 6.07) is 0. The van der Waals surface area contributed by atoms with E-state index in [0.717, 1.165) is 4.57 Å². The predicted octanol–water partition coefficient (Wildman–Crippen LogP) is -1.52. The quantitative estimate of drug-likeness (QED) is 0.467. The van der Waals surface area contributed by atoms with Gasteiger partial charge in [-0.25, -0.2) is 4.79 Å². The van der Waals surface area contributed by atoms with E-state index in [-0.39, 0.29) is 25.5 Å². The van der Waals surface area contributed by atoms with Crippen LogP contribution < -0.4 is 11.2 Å². The maximum atomic E-state index is 11.2. The minimum atomic E-state index is -0.600. The molecule has 6 heteroatoms. The molecular formula is C9H10N2O4. The molecule has 15 heavy (non-hydrogen) atoms. The fourth-order valence-electron chi connectivity index (χ4n) is 0.936. The molecule has 0 unspecified atom stereocenters. The van der Waals surface area contributed by atoms with Crippen LogP contribution in [0.5, 0.6) is 0 Å². The summed E-state index contributed by atoms with van der Waals surface area (Å²) in [5, 5.41) is 8.46. The maximum Gasteiger partial charge on any atom is 0.330 e. The lowest BCUT2D eigenvalue weighted by Crippen LogP contribution is -2.31. The number of aliphatic hydroxyl groups is 1. The number of hydrogen-bond acceptors (Lipinski definition) is 4.